The molecule has 0 aliphatic carbocycles. The smallest absolute Gasteiger partial charge is 0.0406 e. The molecule has 0 fully saturated rings. The van der Waals surface area contributed by atoms with Gasteiger partial charge in [-0.3, -0.25) is 0 Å². The predicted octanol–water partition coefficient (Wildman–Crippen LogP) is 4.93. The van der Waals surface area contributed by atoms with Crippen molar-refractivity contribution in [3.63, 3.8) is 0 Å². The first-order valence-electron chi connectivity index (χ1n) is 5.23. The first kappa shape index (κ1) is 11.3. The molecule has 0 nitrogen and oxygen atoms in total. The third-order valence-corrected chi connectivity index (χ3v) is 2.44. The highest BCUT2D eigenvalue weighted by Gasteiger charge is 1.99. The number of rotatable bonds is 4. The Morgan fingerprint density at radius 1 is 1.21 bits per heavy atom. The molecule has 0 bridgehead atoms. The minimum atomic E-state index is 0.807. The van der Waals surface area contributed by atoms with E-state index in [4.69, 9.17) is 11.6 Å². The highest BCUT2D eigenvalue weighted by Crippen LogP contribution is 2.22. The van der Waals surface area contributed by atoms with Crippen molar-refractivity contribution in [2.75, 3.05) is 0 Å². The summed E-state index contributed by atoms with van der Waals surface area (Å²) in [7, 11) is 0. The van der Waals surface area contributed by atoms with Crippen LogP contribution in [0.2, 0.25) is 5.02 Å². The molecule has 0 saturated carbocycles. The molecule has 0 aliphatic heterocycles. The van der Waals surface area contributed by atoms with Crippen molar-refractivity contribution in [1.82, 2.24) is 0 Å². The van der Waals surface area contributed by atoms with E-state index in [1.165, 1.54) is 17.6 Å². The minimum Gasteiger partial charge on any atom is -0.0843 e. The number of allylic oxidation sites excluding steroid dienone is 2. The molecule has 0 saturated heterocycles. The first-order chi connectivity index (χ1) is 6.77. The topological polar surface area (TPSA) is 0 Å². The van der Waals surface area contributed by atoms with Crippen molar-refractivity contribution in [3.8, 4) is 0 Å². The lowest BCUT2D eigenvalue weighted by molar-refractivity contribution is 0.967. The van der Waals surface area contributed by atoms with E-state index in [0.29, 0.717) is 0 Å². The summed E-state index contributed by atoms with van der Waals surface area (Å²) < 4.78 is 0. The Labute approximate surface area is 91.6 Å². The van der Waals surface area contributed by atoms with Gasteiger partial charge in [0.05, 0.1) is 0 Å². The van der Waals surface area contributed by atoms with E-state index in [1.54, 1.807) is 0 Å². The predicted molar refractivity (Wildman–Crippen MR) is 64.6 cm³/mol. The zero-order valence-corrected chi connectivity index (χ0v) is 9.64. The van der Waals surface area contributed by atoms with Crippen LogP contribution in [-0.2, 0) is 0 Å². The Balaban J connectivity index is 2.88. The van der Waals surface area contributed by atoms with Gasteiger partial charge in [-0.15, -0.1) is 0 Å². The Hall–Kier alpha value is -0.750. The van der Waals surface area contributed by atoms with Gasteiger partial charge >= 0.3 is 0 Å². The van der Waals surface area contributed by atoms with Crippen molar-refractivity contribution in [3.05, 3.63) is 40.9 Å². The van der Waals surface area contributed by atoms with Gasteiger partial charge in [0.15, 0.2) is 0 Å². The van der Waals surface area contributed by atoms with Crippen LogP contribution < -0.4 is 0 Å². The summed E-state index contributed by atoms with van der Waals surface area (Å²) in [6.45, 7) is 4.38. The fourth-order valence-electron chi connectivity index (χ4n) is 1.54. The molecule has 0 aromatic heterocycles. The van der Waals surface area contributed by atoms with Gasteiger partial charge in [-0.25, -0.2) is 0 Å². The molecule has 76 valence electrons. The second-order valence-electron chi connectivity index (χ2n) is 3.39. The van der Waals surface area contributed by atoms with Crippen LogP contribution in [0.4, 0.5) is 0 Å². The summed E-state index contributed by atoms with van der Waals surface area (Å²) in [5, 5.41) is 0.807. The van der Waals surface area contributed by atoms with E-state index >= 15 is 0 Å². The van der Waals surface area contributed by atoms with Crippen LogP contribution in [0.3, 0.4) is 0 Å². The quantitative estimate of drug-likeness (QED) is 0.658. The van der Waals surface area contributed by atoms with Gasteiger partial charge in [0.1, 0.15) is 0 Å². The Morgan fingerprint density at radius 2 is 1.86 bits per heavy atom. The van der Waals surface area contributed by atoms with E-state index in [-0.39, 0.29) is 0 Å². The maximum absolute atomic E-state index is 5.85. The van der Waals surface area contributed by atoms with E-state index in [1.807, 2.05) is 12.1 Å². The van der Waals surface area contributed by atoms with E-state index in [9.17, 15) is 0 Å². The van der Waals surface area contributed by atoms with Crippen LogP contribution in [-0.4, -0.2) is 0 Å². The zero-order chi connectivity index (χ0) is 10.4. The van der Waals surface area contributed by atoms with Gasteiger partial charge in [-0.1, -0.05) is 50.1 Å². The maximum atomic E-state index is 5.85. The number of hydrogen-bond donors (Lipinski definition) is 0. The molecule has 0 unspecified atom stereocenters. The first-order valence-corrected chi connectivity index (χ1v) is 5.60. The van der Waals surface area contributed by atoms with Crippen molar-refractivity contribution < 1.29 is 0 Å². The van der Waals surface area contributed by atoms with Crippen LogP contribution in [0.15, 0.2) is 30.3 Å². The number of hydrogen-bond acceptors (Lipinski definition) is 0. The molecule has 1 aromatic rings. The lowest BCUT2D eigenvalue weighted by Crippen LogP contribution is -1.84. The second-order valence-corrected chi connectivity index (χ2v) is 3.83. The molecular weight excluding hydrogens is 192 g/mol. The molecule has 0 radical (unpaired) electrons. The molecular formula is C13H17Cl. The van der Waals surface area contributed by atoms with E-state index in [2.05, 4.69) is 32.1 Å². The normalized spacial score (nSPS) is 11.8. The Bertz CT molecular complexity index is 296. The van der Waals surface area contributed by atoms with Crippen LogP contribution >= 0.6 is 11.6 Å². The molecule has 0 N–H and O–H groups in total. The Kier molecular flexibility index (Phi) is 4.75. The summed E-state index contributed by atoms with van der Waals surface area (Å²) in [5.41, 5.74) is 2.74. The van der Waals surface area contributed by atoms with Crippen molar-refractivity contribution in [2.45, 2.75) is 33.1 Å². The molecule has 0 spiro atoms. The fraction of sp³-hybridized carbons (Fsp3) is 0.385. The molecule has 0 amide bonds. The second kappa shape index (κ2) is 5.87. The third-order valence-electron chi connectivity index (χ3n) is 2.18. The van der Waals surface area contributed by atoms with Crippen LogP contribution in [0, 0.1) is 0 Å². The van der Waals surface area contributed by atoms with Gasteiger partial charge < -0.3 is 0 Å². The monoisotopic (exact) mass is 208 g/mol. The molecule has 0 atom stereocenters. The fourth-order valence-corrected chi connectivity index (χ4v) is 1.67. The third kappa shape index (κ3) is 3.19. The molecule has 1 heteroatoms. The summed E-state index contributed by atoms with van der Waals surface area (Å²) in [6.07, 6.45) is 5.73. The summed E-state index contributed by atoms with van der Waals surface area (Å²) in [5.74, 6) is 0. The van der Waals surface area contributed by atoms with Crippen molar-refractivity contribution in [1.29, 1.82) is 0 Å². The molecule has 1 rings (SSSR count). The number of halogens is 1. The average molecular weight is 209 g/mol. The average Bonchev–Trinajstić information content (AvgIpc) is 2.19. The van der Waals surface area contributed by atoms with Gasteiger partial charge in [0.2, 0.25) is 0 Å². The van der Waals surface area contributed by atoms with Gasteiger partial charge in [-0.2, -0.15) is 0 Å². The van der Waals surface area contributed by atoms with E-state index < -0.39 is 0 Å². The zero-order valence-electron chi connectivity index (χ0n) is 8.89. The highest BCUT2D eigenvalue weighted by molar-refractivity contribution is 6.30. The van der Waals surface area contributed by atoms with Crippen molar-refractivity contribution >= 4 is 17.2 Å². The largest absolute Gasteiger partial charge is 0.0843 e. The summed E-state index contributed by atoms with van der Waals surface area (Å²) in [6, 6.07) is 8.10. The standard InChI is InChI=1S/C13H17Cl/c1-3-5-11(6-4-2)12-7-9-13(14)10-8-12/h5,7-10H,3-4,6H2,1-2H3/b11-5+. The van der Waals surface area contributed by atoms with Gasteiger partial charge in [0.25, 0.3) is 0 Å². The molecule has 14 heavy (non-hydrogen) atoms. The van der Waals surface area contributed by atoms with Crippen LogP contribution in [0.5, 0.6) is 0 Å². The van der Waals surface area contributed by atoms with Crippen LogP contribution in [0.1, 0.15) is 38.7 Å². The lowest BCUT2D eigenvalue weighted by Gasteiger charge is -2.06. The van der Waals surface area contributed by atoms with Gasteiger partial charge in [-0.05, 0) is 36.1 Å². The molecule has 1 aromatic carbocycles. The highest BCUT2D eigenvalue weighted by atomic mass is 35.5. The lowest BCUT2D eigenvalue weighted by atomic mass is 10.0. The van der Waals surface area contributed by atoms with Crippen molar-refractivity contribution in [2.24, 2.45) is 0 Å². The minimum absolute atomic E-state index is 0.807. The SMILES string of the molecule is CC/C=C(\CCC)c1ccc(Cl)cc1. The summed E-state index contributed by atoms with van der Waals surface area (Å²) in [4.78, 5) is 0. The Morgan fingerprint density at radius 3 is 2.36 bits per heavy atom. The maximum Gasteiger partial charge on any atom is 0.0406 e. The molecule has 0 aliphatic rings. The van der Waals surface area contributed by atoms with Crippen LogP contribution in [0.25, 0.3) is 5.57 Å². The van der Waals surface area contributed by atoms with Gasteiger partial charge in [0, 0.05) is 5.02 Å². The number of benzene rings is 1. The summed E-state index contributed by atoms with van der Waals surface area (Å²) >= 11 is 5.85. The molecule has 0 heterocycles. The van der Waals surface area contributed by atoms with E-state index in [0.717, 1.165) is 17.9 Å².